The highest BCUT2D eigenvalue weighted by Gasteiger charge is 2.23. The smallest absolute Gasteiger partial charge is 0.407 e. The lowest BCUT2D eigenvalue weighted by Gasteiger charge is -2.17. The van der Waals surface area contributed by atoms with Crippen LogP contribution in [0.3, 0.4) is 0 Å². The summed E-state index contributed by atoms with van der Waals surface area (Å²) in [5.74, 6) is -0.403. The number of rotatable bonds is 9. The summed E-state index contributed by atoms with van der Waals surface area (Å²) in [6.45, 7) is 4.04. The van der Waals surface area contributed by atoms with Crippen LogP contribution in [0.2, 0.25) is 0 Å². The first-order valence-corrected chi connectivity index (χ1v) is 10.4. The molecule has 10 nitrogen and oxygen atoms in total. The third-order valence-electron chi connectivity index (χ3n) is 4.72. The highest BCUT2D eigenvalue weighted by Crippen LogP contribution is 2.19. The van der Waals surface area contributed by atoms with Gasteiger partial charge in [0.15, 0.2) is 0 Å². The summed E-state index contributed by atoms with van der Waals surface area (Å²) in [6, 6.07) is 12.5. The summed E-state index contributed by atoms with van der Waals surface area (Å²) >= 11 is 0. The van der Waals surface area contributed by atoms with Crippen molar-refractivity contribution in [3.05, 3.63) is 76.0 Å². The van der Waals surface area contributed by atoms with Crippen LogP contribution in [0.15, 0.2) is 59.8 Å². The first kappa shape index (κ1) is 23.5. The van der Waals surface area contributed by atoms with Gasteiger partial charge < -0.3 is 15.0 Å². The van der Waals surface area contributed by atoms with Crippen molar-refractivity contribution in [2.45, 2.75) is 26.3 Å². The van der Waals surface area contributed by atoms with Crippen LogP contribution in [0.5, 0.6) is 0 Å². The molecule has 0 aliphatic rings. The third kappa shape index (κ3) is 6.63. The normalized spacial score (nSPS) is 12.1. The number of nitro groups is 1. The molecule has 2 aromatic carbocycles. The zero-order valence-electron chi connectivity index (χ0n) is 18.3. The number of alkyl carbamates (subject to hydrolysis) is 1. The predicted molar refractivity (Wildman–Crippen MR) is 124 cm³/mol. The van der Waals surface area contributed by atoms with Gasteiger partial charge in [0.25, 0.3) is 11.6 Å². The molecule has 0 saturated heterocycles. The van der Waals surface area contributed by atoms with Gasteiger partial charge in [0.05, 0.1) is 17.7 Å². The molecule has 0 fully saturated rings. The van der Waals surface area contributed by atoms with E-state index in [1.54, 1.807) is 12.3 Å². The van der Waals surface area contributed by atoms with Gasteiger partial charge in [-0.1, -0.05) is 44.2 Å². The number of hydrogen-bond acceptors (Lipinski definition) is 6. The maximum absolute atomic E-state index is 12.8. The standard InChI is InChI=1S/C23H25N5O5/c1-15(2)14-33-23(30)26-21(11-17-13-24-20-9-4-3-8-19(17)20)22(29)27-25-12-16-6-5-7-18(10-16)28(31)32/h3-10,12-13,15,21,24H,11,14H2,1-2H3,(H,26,30)(H,27,29)/b25-12-/t21-/m1/s1. The average molecular weight is 451 g/mol. The molecule has 2 amide bonds. The molecule has 1 heterocycles. The van der Waals surface area contributed by atoms with E-state index in [0.29, 0.717) is 5.56 Å². The second-order valence-electron chi connectivity index (χ2n) is 7.84. The van der Waals surface area contributed by atoms with Crippen LogP contribution < -0.4 is 10.7 Å². The fourth-order valence-corrected chi connectivity index (χ4v) is 3.12. The van der Waals surface area contributed by atoms with Gasteiger partial charge in [-0.2, -0.15) is 5.10 Å². The molecule has 3 N–H and O–H groups in total. The number of H-pyrrole nitrogens is 1. The Kier molecular flexibility index (Phi) is 7.74. The third-order valence-corrected chi connectivity index (χ3v) is 4.72. The second kappa shape index (κ2) is 10.9. The van der Waals surface area contributed by atoms with E-state index in [1.165, 1.54) is 24.4 Å². The topological polar surface area (TPSA) is 139 Å². The number of hydrogen-bond donors (Lipinski definition) is 3. The average Bonchev–Trinajstić information content (AvgIpc) is 3.20. The molecule has 33 heavy (non-hydrogen) atoms. The molecule has 172 valence electrons. The van der Waals surface area contributed by atoms with E-state index in [0.717, 1.165) is 16.5 Å². The molecule has 0 radical (unpaired) electrons. The molecule has 3 aromatic rings. The highest BCUT2D eigenvalue weighted by molar-refractivity contribution is 5.89. The molecule has 3 rings (SSSR count). The molecule has 0 saturated carbocycles. The van der Waals surface area contributed by atoms with E-state index in [2.05, 4.69) is 20.8 Å². The molecule has 0 bridgehead atoms. The zero-order chi connectivity index (χ0) is 23.8. The lowest BCUT2D eigenvalue weighted by atomic mass is 10.0. The highest BCUT2D eigenvalue weighted by atomic mass is 16.6. The minimum atomic E-state index is -0.953. The SMILES string of the molecule is CC(C)COC(=O)N[C@H](Cc1c[nH]c2ccccc12)C(=O)N/N=C\c1cccc([N+](=O)[O-])c1. The van der Waals surface area contributed by atoms with Crippen molar-refractivity contribution < 1.29 is 19.2 Å². The number of aromatic amines is 1. The van der Waals surface area contributed by atoms with Gasteiger partial charge in [0.1, 0.15) is 6.04 Å². The number of nitro benzene ring substituents is 1. The van der Waals surface area contributed by atoms with Crippen LogP contribution in [0, 0.1) is 16.0 Å². The van der Waals surface area contributed by atoms with E-state index in [9.17, 15) is 19.7 Å². The number of carbonyl (C=O) groups excluding carboxylic acids is 2. The van der Waals surface area contributed by atoms with Crippen molar-refractivity contribution in [2.75, 3.05) is 6.61 Å². The first-order valence-electron chi connectivity index (χ1n) is 10.4. The number of ether oxygens (including phenoxy) is 1. The summed E-state index contributed by atoms with van der Waals surface area (Å²) < 4.78 is 5.16. The summed E-state index contributed by atoms with van der Waals surface area (Å²) in [6.07, 6.45) is 2.59. The van der Waals surface area contributed by atoms with Crippen molar-refractivity contribution in [1.82, 2.24) is 15.7 Å². The molecule has 10 heteroatoms. The van der Waals surface area contributed by atoms with Gasteiger partial charge in [-0.3, -0.25) is 14.9 Å². The van der Waals surface area contributed by atoms with Crippen molar-refractivity contribution >= 4 is 34.8 Å². The van der Waals surface area contributed by atoms with Gasteiger partial charge in [0.2, 0.25) is 0 Å². The quantitative estimate of drug-likeness (QED) is 0.259. The van der Waals surface area contributed by atoms with Gasteiger partial charge in [0, 0.05) is 41.2 Å². The number of carbonyl (C=O) groups is 2. The van der Waals surface area contributed by atoms with E-state index < -0.39 is 23.0 Å². The van der Waals surface area contributed by atoms with E-state index in [1.807, 2.05) is 38.1 Å². The molecular formula is C23H25N5O5. The first-order chi connectivity index (χ1) is 15.8. The molecule has 1 atom stereocenters. The molecule has 0 aliphatic carbocycles. The Morgan fingerprint density at radius 3 is 2.76 bits per heavy atom. The molecule has 0 spiro atoms. The van der Waals surface area contributed by atoms with E-state index in [4.69, 9.17) is 4.74 Å². The van der Waals surface area contributed by atoms with Crippen molar-refractivity contribution in [3.8, 4) is 0 Å². The number of amides is 2. The van der Waals surface area contributed by atoms with Gasteiger partial charge >= 0.3 is 6.09 Å². The lowest BCUT2D eigenvalue weighted by Crippen LogP contribution is -2.47. The maximum Gasteiger partial charge on any atom is 0.407 e. The Morgan fingerprint density at radius 1 is 1.21 bits per heavy atom. The maximum atomic E-state index is 12.8. The van der Waals surface area contributed by atoms with Crippen molar-refractivity contribution in [3.63, 3.8) is 0 Å². The minimum Gasteiger partial charge on any atom is -0.449 e. The largest absolute Gasteiger partial charge is 0.449 e. The minimum absolute atomic E-state index is 0.0861. The second-order valence-corrected chi connectivity index (χ2v) is 7.84. The monoisotopic (exact) mass is 451 g/mol. The van der Waals surface area contributed by atoms with Crippen LogP contribution in [-0.2, 0) is 16.0 Å². The Hall–Kier alpha value is -4.21. The predicted octanol–water partition coefficient (Wildman–Crippen LogP) is 3.52. The van der Waals surface area contributed by atoms with Crippen LogP contribution in [0.4, 0.5) is 10.5 Å². The Labute approximate surface area is 190 Å². The number of nitrogens with zero attached hydrogens (tertiary/aromatic N) is 2. The Morgan fingerprint density at radius 2 is 2.00 bits per heavy atom. The van der Waals surface area contributed by atoms with E-state index in [-0.39, 0.29) is 24.6 Å². The van der Waals surface area contributed by atoms with Crippen molar-refractivity contribution in [2.24, 2.45) is 11.0 Å². The number of hydrazone groups is 1. The number of non-ortho nitro benzene ring substituents is 1. The summed E-state index contributed by atoms with van der Waals surface area (Å²) in [5, 5.41) is 18.3. The number of fused-ring (bicyclic) bond motifs is 1. The lowest BCUT2D eigenvalue weighted by molar-refractivity contribution is -0.384. The fraction of sp³-hybridized carbons (Fsp3) is 0.261. The van der Waals surface area contributed by atoms with Gasteiger partial charge in [-0.25, -0.2) is 10.2 Å². The number of aromatic nitrogens is 1. The fourth-order valence-electron chi connectivity index (χ4n) is 3.12. The molecule has 0 unspecified atom stereocenters. The summed E-state index contributed by atoms with van der Waals surface area (Å²) in [5.41, 5.74) is 4.51. The van der Waals surface area contributed by atoms with Gasteiger partial charge in [-0.15, -0.1) is 0 Å². The number of para-hydroxylation sites is 1. The summed E-state index contributed by atoms with van der Waals surface area (Å²) in [4.78, 5) is 38.6. The summed E-state index contributed by atoms with van der Waals surface area (Å²) in [7, 11) is 0. The van der Waals surface area contributed by atoms with Crippen LogP contribution in [0.25, 0.3) is 10.9 Å². The van der Waals surface area contributed by atoms with Crippen molar-refractivity contribution in [1.29, 1.82) is 0 Å². The van der Waals surface area contributed by atoms with Crippen LogP contribution >= 0.6 is 0 Å². The van der Waals surface area contributed by atoms with E-state index >= 15 is 0 Å². The van der Waals surface area contributed by atoms with Gasteiger partial charge in [-0.05, 0) is 17.5 Å². The Bertz CT molecular complexity index is 1170. The molecule has 0 aliphatic heterocycles. The molecular weight excluding hydrogens is 426 g/mol. The van der Waals surface area contributed by atoms with Crippen LogP contribution in [-0.4, -0.2) is 40.8 Å². The zero-order valence-corrected chi connectivity index (χ0v) is 18.3. The Balaban J connectivity index is 1.73. The number of benzene rings is 2. The number of nitrogens with one attached hydrogen (secondary N) is 3. The van der Waals surface area contributed by atoms with Crippen LogP contribution in [0.1, 0.15) is 25.0 Å². The molecule has 1 aromatic heterocycles.